The van der Waals surface area contributed by atoms with Crippen LogP contribution in [-0.2, 0) is 0 Å². The maximum atomic E-state index is 3.66. The van der Waals surface area contributed by atoms with Gasteiger partial charge in [0.05, 0.1) is 0 Å². The van der Waals surface area contributed by atoms with Crippen LogP contribution in [0.2, 0.25) is 0 Å². The van der Waals surface area contributed by atoms with Gasteiger partial charge in [0.15, 0.2) is 0 Å². The minimum atomic E-state index is 0.236. The standard InChI is InChI=1S/C14H32N2/c1-11(2)14(7,8)15-9-10-16(12(3)4)13(5)6/h11-13,15H,9-10H2,1-8H3. The first-order valence-electron chi connectivity index (χ1n) is 6.69. The Hall–Kier alpha value is -0.0800. The van der Waals surface area contributed by atoms with Crippen LogP contribution in [-0.4, -0.2) is 35.6 Å². The van der Waals surface area contributed by atoms with Crippen molar-refractivity contribution in [1.29, 1.82) is 0 Å². The van der Waals surface area contributed by atoms with Gasteiger partial charge in [0, 0.05) is 30.7 Å². The highest BCUT2D eigenvalue weighted by atomic mass is 15.2. The molecule has 0 spiro atoms. The molecule has 1 N–H and O–H groups in total. The lowest BCUT2D eigenvalue weighted by atomic mass is 9.91. The van der Waals surface area contributed by atoms with Gasteiger partial charge >= 0.3 is 0 Å². The van der Waals surface area contributed by atoms with Crippen LogP contribution in [0.1, 0.15) is 55.4 Å². The van der Waals surface area contributed by atoms with E-state index in [9.17, 15) is 0 Å². The third-order valence-electron chi connectivity index (χ3n) is 3.72. The van der Waals surface area contributed by atoms with Crippen molar-refractivity contribution in [3.05, 3.63) is 0 Å². The van der Waals surface area contributed by atoms with Gasteiger partial charge in [0.2, 0.25) is 0 Å². The smallest absolute Gasteiger partial charge is 0.0148 e. The van der Waals surface area contributed by atoms with Gasteiger partial charge in [-0.15, -0.1) is 0 Å². The monoisotopic (exact) mass is 228 g/mol. The predicted octanol–water partition coefficient (Wildman–Crippen LogP) is 3.13. The SMILES string of the molecule is CC(C)N(CCNC(C)(C)C(C)C)C(C)C. The first-order chi connectivity index (χ1) is 7.18. The fourth-order valence-electron chi connectivity index (χ4n) is 1.82. The summed E-state index contributed by atoms with van der Waals surface area (Å²) in [6, 6.07) is 1.26. The van der Waals surface area contributed by atoms with E-state index in [0.29, 0.717) is 18.0 Å². The summed E-state index contributed by atoms with van der Waals surface area (Å²) in [4.78, 5) is 2.53. The molecule has 0 aromatic heterocycles. The van der Waals surface area contributed by atoms with Gasteiger partial charge in [-0.1, -0.05) is 13.8 Å². The molecule has 98 valence electrons. The van der Waals surface area contributed by atoms with Crippen LogP contribution in [0.25, 0.3) is 0 Å². The molecule has 2 heteroatoms. The van der Waals surface area contributed by atoms with E-state index in [2.05, 4.69) is 65.6 Å². The molecule has 0 aromatic rings. The van der Waals surface area contributed by atoms with E-state index in [1.165, 1.54) is 0 Å². The van der Waals surface area contributed by atoms with Crippen molar-refractivity contribution >= 4 is 0 Å². The largest absolute Gasteiger partial charge is 0.310 e. The summed E-state index contributed by atoms with van der Waals surface area (Å²) in [5, 5.41) is 3.66. The van der Waals surface area contributed by atoms with E-state index in [1.54, 1.807) is 0 Å². The van der Waals surface area contributed by atoms with Gasteiger partial charge in [-0.3, -0.25) is 4.90 Å². The van der Waals surface area contributed by atoms with Crippen molar-refractivity contribution in [2.45, 2.75) is 73.0 Å². The van der Waals surface area contributed by atoms with E-state index in [1.807, 2.05) is 0 Å². The predicted molar refractivity (Wildman–Crippen MR) is 73.9 cm³/mol. The maximum Gasteiger partial charge on any atom is 0.0148 e. The summed E-state index contributed by atoms with van der Waals surface area (Å²) in [6.07, 6.45) is 0. The molecule has 0 aliphatic carbocycles. The van der Waals surface area contributed by atoms with E-state index in [-0.39, 0.29) is 5.54 Å². The zero-order chi connectivity index (χ0) is 12.9. The third-order valence-corrected chi connectivity index (χ3v) is 3.72. The van der Waals surface area contributed by atoms with Crippen molar-refractivity contribution in [1.82, 2.24) is 10.2 Å². The average molecular weight is 228 g/mol. The van der Waals surface area contributed by atoms with Gasteiger partial charge in [-0.25, -0.2) is 0 Å². The Labute approximate surface area is 103 Å². The third kappa shape index (κ3) is 5.31. The van der Waals surface area contributed by atoms with Crippen LogP contribution >= 0.6 is 0 Å². The summed E-state index contributed by atoms with van der Waals surface area (Å²) in [5.41, 5.74) is 0.236. The lowest BCUT2D eigenvalue weighted by Gasteiger charge is -2.35. The van der Waals surface area contributed by atoms with Crippen molar-refractivity contribution < 1.29 is 0 Å². The van der Waals surface area contributed by atoms with Crippen molar-refractivity contribution in [2.75, 3.05) is 13.1 Å². The minimum absolute atomic E-state index is 0.236. The quantitative estimate of drug-likeness (QED) is 0.720. The molecule has 16 heavy (non-hydrogen) atoms. The van der Waals surface area contributed by atoms with Crippen LogP contribution in [0.3, 0.4) is 0 Å². The van der Waals surface area contributed by atoms with E-state index in [0.717, 1.165) is 13.1 Å². The second-order valence-electron chi connectivity index (χ2n) is 6.23. The van der Waals surface area contributed by atoms with Crippen LogP contribution < -0.4 is 5.32 Å². The molecule has 0 radical (unpaired) electrons. The fourth-order valence-corrected chi connectivity index (χ4v) is 1.82. The zero-order valence-electron chi connectivity index (χ0n) is 12.6. The van der Waals surface area contributed by atoms with Gasteiger partial charge in [-0.05, 0) is 47.5 Å². The molecule has 0 fully saturated rings. The molecule has 2 nitrogen and oxygen atoms in total. The Balaban J connectivity index is 4.05. The topological polar surface area (TPSA) is 15.3 Å². The summed E-state index contributed by atoms with van der Waals surface area (Å²) >= 11 is 0. The lowest BCUT2D eigenvalue weighted by molar-refractivity contribution is 0.164. The lowest BCUT2D eigenvalue weighted by Crippen LogP contribution is -2.49. The number of hydrogen-bond donors (Lipinski definition) is 1. The molecule has 0 atom stereocenters. The molecule has 0 aromatic carbocycles. The van der Waals surface area contributed by atoms with Crippen molar-refractivity contribution in [3.8, 4) is 0 Å². The first kappa shape index (κ1) is 15.9. The fraction of sp³-hybridized carbons (Fsp3) is 1.00. The van der Waals surface area contributed by atoms with E-state index >= 15 is 0 Å². The molecule has 0 amide bonds. The Morgan fingerprint density at radius 3 is 1.69 bits per heavy atom. The average Bonchev–Trinajstić information content (AvgIpc) is 2.10. The van der Waals surface area contributed by atoms with Gasteiger partial charge in [-0.2, -0.15) is 0 Å². The van der Waals surface area contributed by atoms with Crippen LogP contribution in [0.15, 0.2) is 0 Å². The second-order valence-corrected chi connectivity index (χ2v) is 6.23. The minimum Gasteiger partial charge on any atom is -0.310 e. The Kier molecular flexibility index (Phi) is 6.57. The van der Waals surface area contributed by atoms with Crippen molar-refractivity contribution in [2.24, 2.45) is 5.92 Å². The number of nitrogens with zero attached hydrogens (tertiary/aromatic N) is 1. The van der Waals surface area contributed by atoms with E-state index in [4.69, 9.17) is 0 Å². The number of nitrogens with one attached hydrogen (secondary N) is 1. The van der Waals surface area contributed by atoms with Gasteiger partial charge in [0.25, 0.3) is 0 Å². The first-order valence-corrected chi connectivity index (χ1v) is 6.69. The highest BCUT2D eigenvalue weighted by Gasteiger charge is 2.21. The van der Waals surface area contributed by atoms with Crippen molar-refractivity contribution in [3.63, 3.8) is 0 Å². The summed E-state index contributed by atoms with van der Waals surface area (Å²) in [5.74, 6) is 0.666. The molecule has 0 rings (SSSR count). The van der Waals surface area contributed by atoms with E-state index < -0.39 is 0 Å². The number of hydrogen-bond acceptors (Lipinski definition) is 2. The zero-order valence-corrected chi connectivity index (χ0v) is 12.6. The highest BCUT2D eigenvalue weighted by Crippen LogP contribution is 2.14. The van der Waals surface area contributed by atoms with Gasteiger partial charge < -0.3 is 5.32 Å². The molecule has 0 heterocycles. The molecule has 0 aliphatic heterocycles. The highest BCUT2D eigenvalue weighted by molar-refractivity contribution is 4.81. The van der Waals surface area contributed by atoms with Gasteiger partial charge in [0.1, 0.15) is 0 Å². The normalized spacial score (nSPS) is 13.5. The van der Waals surface area contributed by atoms with Crippen LogP contribution in [0.4, 0.5) is 0 Å². The Morgan fingerprint density at radius 1 is 0.938 bits per heavy atom. The summed E-state index contributed by atoms with van der Waals surface area (Å²) in [7, 11) is 0. The van der Waals surface area contributed by atoms with Crippen LogP contribution in [0.5, 0.6) is 0 Å². The number of rotatable bonds is 7. The molecular weight excluding hydrogens is 196 g/mol. The summed E-state index contributed by atoms with van der Waals surface area (Å²) in [6.45, 7) is 20.4. The molecule has 0 unspecified atom stereocenters. The molecule has 0 bridgehead atoms. The molecule has 0 saturated carbocycles. The Morgan fingerprint density at radius 2 is 1.38 bits per heavy atom. The second kappa shape index (κ2) is 6.61. The molecule has 0 saturated heterocycles. The molecule has 0 aliphatic rings. The maximum absolute atomic E-state index is 3.66. The Bertz CT molecular complexity index is 175. The summed E-state index contributed by atoms with van der Waals surface area (Å²) < 4.78 is 0. The molecular formula is C14H32N2. The van der Waals surface area contributed by atoms with Crippen LogP contribution in [0, 0.1) is 5.92 Å².